The minimum Gasteiger partial charge on any atom is -0.460 e. The van der Waals surface area contributed by atoms with Crippen LogP contribution in [0.1, 0.15) is 33.6 Å². The molecule has 0 saturated heterocycles. The summed E-state index contributed by atoms with van der Waals surface area (Å²) >= 11 is 0. The number of ether oxygens (including phenoxy) is 3. The van der Waals surface area contributed by atoms with Crippen LogP contribution in [0.5, 0.6) is 0 Å². The molecule has 0 heterocycles. The molecule has 7 nitrogen and oxygen atoms in total. The molecule has 0 fully saturated rings. The molecule has 0 aromatic rings. The quantitative estimate of drug-likeness (QED) is 0.269. The van der Waals surface area contributed by atoms with Crippen molar-refractivity contribution in [1.29, 1.82) is 0 Å². The summed E-state index contributed by atoms with van der Waals surface area (Å²) in [5.41, 5.74) is 0.678. The third kappa shape index (κ3) is 16.5. The van der Waals surface area contributed by atoms with Gasteiger partial charge in [-0.1, -0.05) is 26.5 Å². The van der Waals surface area contributed by atoms with E-state index in [-0.39, 0.29) is 19.8 Å². The second kappa shape index (κ2) is 15.2. The Morgan fingerprint density at radius 3 is 2.04 bits per heavy atom. The van der Waals surface area contributed by atoms with Gasteiger partial charge in [-0.05, 0) is 13.8 Å². The second-order valence-corrected chi connectivity index (χ2v) is 4.68. The summed E-state index contributed by atoms with van der Waals surface area (Å²) in [5, 5.41) is 17.3. The summed E-state index contributed by atoms with van der Waals surface area (Å²) in [6.07, 6.45) is 0.271. The maximum atomic E-state index is 10.7. The molecule has 0 aliphatic rings. The number of carbonyl (C=O) groups excluding carboxylic acids is 2. The van der Waals surface area contributed by atoms with Gasteiger partial charge in [-0.25, -0.2) is 9.59 Å². The first-order valence-electron chi connectivity index (χ1n) is 7.32. The maximum absolute atomic E-state index is 10.7. The van der Waals surface area contributed by atoms with E-state index in [4.69, 9.17) is 19.7 Å². The molecule has 0 saturated carbocycles. The lowest BCUT2D eigenvalue weighted by atomic mass is 10.3. The van der Waals surface area contributed by atoms with Crippen molar-refractivity contribution in [3.8, 4) is 0 Å². The Kier molecular flexibility index (Phi) is 15.6. The third-order valence-corrected chi connectivity index (χ3v) is 2.17. The van der Waals surface area contributed by atoms with Crippen molar-refractivity contribution in [1.82, 2.24) is 0 Å². The molecular weight excluding hydrogens is 304 g/mol. The van der Waals surface area contributed by atoms with Gasteiger partial charge >= 0.3 is 11.9 Å². The van der Waals surface area contributed by atoms with Crippen LogP contribution in [0.4, 0.5) is 0 Å². The molecule has 0 bridgehead atoms. The Morgan fingerprint density at radius 1 is 1.04 bits per heavy atom. The van der Waals surface area contributed by atoms with Crippen molar-refractivity contribution in [3.63, 3.8) is 0 Å². The summed E-state index contributed by atoms with van der Waals surface area (Å²) in [6, 6.07) is 0. The summed E-state index contributed by atoms with van der Waals surface area (Å²) in [5.74, 6) is -0.950. The highest BCUT2D eigenvalue weighted by atomic mass is 16.6. The smallest absolute Gasteiger partial charge is 0.335 e. The van der Waals surface area contributed by atoms with Crippen molar-refractivity contribution < 1.29 is 34.0 Å². The first-order valence-corrected chi connectivity index (χ1v) is 7.32. The molecule has 134 valence electrons. The fourth-order valence-electron chi connectivity index (χ4n) is 1.01. The fraction of sp³-hybridized carbons (Fsp3) is 0.625. The van der Waals surface area contributed by atoms with E-state index in [9.17, 15) is 9.59 Å². The number of aliphatic hydroxyl groups is 2. The zero-order valence-corrected chi connectivity index (χ0v) is 14.2. The molecule has 1 atom stereocenters. The van der Waals surface area contributed by atoms with Gasteiger partial charge in [-0.15, -0.1) is 0 Å². The predicted molar refractivity (Wildman–Crippen MR) is 85.5 cm³/mol. The topological polar surface area (TPSA) is 102 Å². The summed E-state index contributed by atoms with van der Waals surface area (Å²) in [7, 11) is 0. The Morgan fingerprint density at radius 2 is 1.61 bits per heavy atom. The Bertz CT molecular complexity index is 377. The molecule has 0 aromatic carbocycles. The van der Waals surface area contributed by atoms with Gasteiger partial charge in [0.1, 0.15) is 6.61 Å². The Balaban J connectivity index is 0. The minimum absolute atomic E-state index is 0.0194. The highest BCUT2D eigenvalue weighted by molar-refractivity contribution is 5.87. The lowest BCUT2D eigenvalue weighted by molar-refractivity contribution is -0.163. The lowest BCUT2D eigenvalue weighted by Gasteiger charge is -2.09. The van der Waals surface area contributed by atoms with Gasteiger partial charge < -0.3 is 24.4 Å². The first-order chi connectivity index (χ1) is 10.8. The summed E-state index contributed by atoms with van der Waals surface area (Å²) < 4.78 is 14.1. The Hall–Kier alpha value is -1.70. The van der Waals surface area contributed by atoms with Crippen LogP contribution in [0.25, 0.3) is 0 Å². The van der Waals surface area contributed by atoms with Crippen LogP contribution in [0.3, 0.4) is 0 Å². The number of hydrogen-bond acceptors (Lipinski definition) is 7. The molecule has 0 aliphatic heterocycles. The third-order valence-electron chi connectivity index (χ3n) is 2.17. The lowest BCUT2D eigenvalue weighted by Crippen LogP contribution is -2.17. The molecule has 1 unspecified atom stereocenters. The minimum atomic E-state index is -0.982. The molecule has 7 heteroatoms. The van der Waals surface area contributed by atoms with Gasteiger partial charge in [0.15, 0.2) is 0 Å². The van der Waals surface area contributed by atoms with Crippen molar-refractivity contribution in [2.75, 3.05) is 26.4 Å². The van der Waals surface area contributed by atoms with E-state index in [0.29, 0.717) is 24.2 Å². The second-order valence-electron chi connectivity index (χ2n) is 4.68. The van der Waals surface area contributed by atoms with Crippen LogP contribution in [-0.4, -0.2) is 54.9 Å². The maximum Gasteiger partial charge on any atom is 0.335 e. The van der Waals surface area contributed by atoms with Crippen LogP contribution in [0, 0.1) is 0 Å². The number of hydrogen-bond donors (Lipinski definition) is 2. The first kappa shape index (κ1) is 23.6. The van der Waals surface area contributed by atoms with E-state index in [0.717, 1.165) is 6.42 Å². The van der Waals surface area contributed by atoms with Crippen LogP contribution in [0.15, 0.2) is 24.3 Å². The van der Waals surface area contributed by atoms with E-state index in [1.807, 2.05) is 6.92 Å². The van der Waals surface area contributed by atoms with Gasteiger partial charge in [0.2, 0.25) is 6.29 Å². The highest BCUT2D eigenvalue weighted by Crippen LogP contribution is 2.01. The van der Waals surface area contributed by atoms with E-state index in [1.54, 1.807) is 13.8 Å². The molecule has 0 spiro atoms. The molecule has 0 aliphatic carbocycles. The van der Waals surface area contributed by atoms with Crippen LogP contribution in [0.2, 0.25) is 0 Å². The van der Waals surface area contributed by atoms with Gasteiger partial charge in [0.05, 0.1) is 19.8 Å². The number of aliphatic hydroxyl groups excluding tert-OH is 2. The van der Waals surface area contributed by atoms with Crippen molar-refractivity contribution in [3.05, 3.63) is 24.3 Å². The van der Waals surface area contributed by atoms with Crippen LogP contribution in [-0.2, 0) is 23.8 Å². The Labute approximate surface area is 137 Å². The zero-order chi connectivity index (χ0) is 18.3. The molecular formula is C16H28O7. The van der Waals surface area contributed by atoms with E-state index in [1.165, 1.54) is 0 Å². The van der Waals surface area contributed by atoms with Gasteiger partial charge in [0, 0.05) is 17.6 Å². The predicted octanol–water partition coefficient (Wildman–Crippen LogP) is 1.34. The van der Waals surface area contributed by atoms with Crippen molar-refractivity contribution in [2.24, 2.45) is 0 Å². The van der Waals surface area contributed by atoms with Crippen LogP contribution >= 0.6 is 0 Å². The molecule has 0 rings (SSSR count). The highest BCUT2D eigenvalue weighted by Gasteiger charge is 2.09. The molecule has 23 heavy (non-hydrogen) atoms. The molecule has 0 amide bonds. The largest absolute Gasteiger partial charge is 0.460 e. The van der Waals surface area contributed by atoms with Crippen LogP contribution < -0.4 is 0 Å². The van der Waals surface area contributed by atoms with Gasteiger partial charge in [-0.3, -0.25) is 0 Å². The van der Waals surface area contributed by atoms with E-state index in [2.05, 4.69) is 17.9 Å². The van der Waals surface area contributed by atoms with Gasteiger partial charge in [0.25, 0.3) is 0 Å². The van der Waals surface area contributed by atoms with Crippen molar-refractivity contribution >= 4 is 11.9 Å². The average Bonchev–Trinajstić information content (AvgIpc) is 2.47. The number of carbonyl (C=O) groups is 2. The average molecular weight is 332 g/mol. The van der Waals surface area contributed by atoms with Gasteiger partial charge in [-0.2, -0.15) is 0 Å². The standard InChI is InChI=1S/C8H14O4.C8H14O3/c1-7(2)8(10)12-6-5-11-4-3-9;1-4-5-7(9)11-8(10)6(2)3/h9H,1,3-6H2,2H3;7,9H,2,4-5H2,1,3H3. The number of rotatable bonds is 10. The molecule has 0 aromatic heterocycles. The summed E-state index contributed by atoms with van der Waals surface area (Å²) in [6.45, 7) is 12.6. The monoisotopic (exact) mass is 332 g/mol. The fourth-order valence-corrected chi connectivity index (χ4v) is 1.01. The number of esters is 2. The summed E-state index contributed by atoms with van der Waals surface area (Å²) in [4.78, 5) is 21.5. The molecule has 2 N–H and O–H groups in total. The zero-order valence-electron chi connectivity index (χ0n) is 14.2. The van der Waals surface area contributed by atoms with E-state index >= 15 is 0 Å². The normalized spacial score (nSPS) is 10.8. The SMILES string of the molecule is C=C(C)C(=O)OC(O)CCC.C=C(C)C(=O)OCCOCCO. The molecule has 0 radical (unpaired) electrons. The van der Waals surface area contributed by atoms with Crippen molar-refractivity contribution in [2.45, 2.75) is 39.9 Å². The van der Waals surface area contributed by atoms with E-state index < -0.39 is 18.2 Å².